The van der Waals surface area contributed by atoms with Gasteiger partial charge in [-0.2, -0.15) is 11.8 Å². The van der Waals surface area contributed by atoms with Crippen molar-refractivity contribution >= 4 is 23.6 Å². The lowest BCUT2D eigenvalue weighted by molar-refractivity contribution is -0.139. The SMILES string of the molecule is CSCC[C@@H](NC(=O)c1cccn1CC(F)F)C(=O)O. The summed E-state index contributed by atoms with van der Waals surface area (Å²) in [6, 6.07) is 1.82. The average molecular weight is 306 g/mol. The van der Waals surface area contributed by atoms with Crippen LogP contribution in [0.1, 0.15) is 16.9 Å². The Morgan fingerprint density at radius 1 is 1.50 bits per heavy atom. The third-order valence-corrected chi connectivity index (χ3v) is 3.25. The maximum absolute atomic E-state index is 12.3. The second-order valence-electron chi connectivity index (χ2n) is 4.08. The number of aromatic nitrogens is 1. The second-order valence-corrected chi connectivity index (χ2v) is 5.07. The Morgan fingerprint density at radius 3 is 2.75 bits per heavy atom. The zero-order chi connectivity index (χ0) is 15.1. The molecule has 20 heavy (non-hydrogen) atoms. The maximum atomic E-state index is 12.3. The Kier molecular flexibility index (Phi) is 6.50. The van der Waals surface area contributed by atoms with E-state index in [9.17, 15) is 18.4 Å². The Labute approximate surface area is 119 Å². The van der Waals surface area contributed by atoms with Crippen molar-refractivity contribution in [1.82, 2.24) is 9.88 Å². The molecule has 1 rings (SSSR count). The van der Waals surface area contributed by atoms with Crippen LogP contribution in [0.25, 0.3) is 0 Å². The van der Waals surface area contributed by atoms with Crippen LogP contribution in [0.15, 0.2) is 18.3 Å². The fraction of sp³-hybridized carbons (Fsp3) is 0.500. The Hall–Kier alpha value is -1.57. The van der Waals surface area contributed by atoms with E-state index < -0.39 is 30.9 Å². The van der Waals surface area contributed by atoms with E-state index in [4.69, 9.17) is 5.11 Å². The average Bonchev–Trinajstić information content (AvgIpc) is 2.81. The van der Waals surface area contributed by atoms with Crippen molar-refractivity contribution in [1.29, 1.82) is 0 Å². The van der Waals surface area contributed by atoms with Gasteiger partial charge in [0, 0.05) is 6.20 Å². The van der Waals surface area contributed by atoms with E-state index in [0.717, 1.165) is 4.57 Å². The summed E-state index contributed by atoms with van der Waals surface area (Å²) in [5.74, 6) is -1.22. The molecule has 1 amide bonds. The monoisotopic (exact) mass is 306 g/mol. The van der Waals surface area contributed by atoms with Crippen LogP contribution >= 0.6 is 11.8 Å². The van der Waals surface area contributed by atoms with Crippen LogP contribution < -0.4 is 5.32 Å². The molecule has 0 fully saturated rings. The molecule has 0 aliphatic carbocycles. The summed E-state index contributed by atoms with van der Waals surface area (Å²) < 4.78 is 25.8. The van der Waals surface area contributed by atoms with Crippen LogP contribution in [0.3, 0.4) is 0 Å². The van der Waals surface area contributed by atoms with E-state index in [1.165, 1.54) is 30.1 Å². The highest BCUT2D eigenvalue weighted by Crippen LogP contribution is 2.08. The number of carboxylic acids is 1. The number of alkyl halides is 2. The van der Waals surface area contributed by atoms with Crippen molar-refractivity contribution in [2.24, 2.45) is 0 Å². The van der Waals surface area contributed by atoms with Gasteiger partial charge >= 0.3 is 5.97 Å². The fourth-order valence-electron chi connectivity index (χ4n) is 1.65. The lowest BCUT2D eigenvalue weighted by atomic mass is 10.2. The molecule has 0 saturated carbocycles. The van der Waals surface area contributed by atoms with E-state index in [1.807, 2.05) is 6.26 Å². The van der Waals surface area contributed by atoms with Crippen LogP contribution in [0.4, 0.5) is 8.78 Å². The van der Waals surface area contributed by atoms with E-state index in [1.54, 1.807) is 0 Å². The number of carbonyl (C=O) groups is 2. The summed E-state index contributed by atoms with van der Waals surface area (Å²) >= 11 is 1.46. The number of carbonyl (C=O) groups excluding carboxylic acids is 1. The van der Waals surface area contributed by atoms with Crippen molar-refractivity contribution < 1.29 is 23.5 Å². The molecule has 0 spiro atoms. The number of thioether (sulfide) groups is 1. The highest BCUT2D eigenvalue weighted by molar-refractivity contribution is 7.98. The number of hydrogen-bond donors (Lipinski definition) is 2. The number of nitrogens with one attached hydrogen (secondary N) is 1. The van der Waals surface area contributed by atoms with Crippen molar-refractivity contribution in [3.05, 3.63) is 24.0 Å². The molecule has 0 unspecified atom stereocenters. The molecular formula is C12H16F2N2O3S. The van der Waals surface area contributed by atoms with Crippen molar-refractivity contribution in [3.63, 3.8) is 0 Å². The first-order valence-corrected chi connectivity index (χ1v) is 7.31. The lowest BCUT2D eigenvalue weighted by Gasteiger charge is -2.15. The van der Waals surface area contributed by atoms with Gasteiger partial charge in [-0.15, -0.1) is 0 Å². The molecule has 1 aromatic heterocycles. The normalized spacial score (nSPS) is 12.4. The summed E-state index contributed by atoms with van der Waals surface area (Å²) in [6.45, 7) is -0.599. The molecule has 0 aromatic carbocycles. The van der Waals surface area contributed by atoms with Gasteiger partial charge < -0.3 is 15.0 Å². The molecule has 112 valence electrons. The first-order valence-electron chi connectivity index (χ1n) is 5.91. The quantitative estimate of drug-likeness (QED) is 0.767. The minimum absolute atomic E-state index is 0.0284. The van der Waals surface area contributed by atoms with Crippen molar-refractivity contribution in [3.8, 4) is 0 Å². The minimum Gasteiger partial charge on any atom is -0.480 e. The van der Waals surface area contributed by atoms with E-state index >= 15 is 0 Å². The zero-order valence-corrected chi connectivity index (χ0v) is 11.7. The number of rotatable bonds is 8. The molecular weight excluding hydrogens is 290 g/mol. The highest BCUT2D eigenvalue weighted by atomic mass is 32.2. The molecule has 0 aliphatic heterocycles. The number of hydrogen-bond acceptors (Lipinski definition) is 3. The largest absolute Gasteiger partial charge is 0.480 e. The number of aliphatic carboxylic acids is 1. The maximum Gasteiger partial charge on any atom is 0.326 e. The predicted octanol–water partition coefficient (Wildman–Crippen LogP) is 1.69. The second kappa shape index (κ2) is 7.88. The summed E-state index contributed by atoms with van der Waals surface area (Å²) in [5, 5.41) is 11.4. The molecule has 0 aliphatic rings. The van der Waals surface area contributed by atoms with Crippen molar-refractivity contribution in [2.45, 2.75) is 25.4 Å². The summed E-state index contributed by atoms with van der Waals surface area (Å²) in [5.41, 5.74) is 0.0284. The molecule has 5 nitrogen and oxygen atoms in total. The van der Waals surface area contributed by atoms with Gasteiger partial charge in [0.2, 0.25) is 0 Å². The molecule has 1 aromatic rings. The first-order chi connectivity index (χ1) is 9.45. The van der Waals surface area contributed by atoms with Gasteiger partial charge in [-0.3, -0.25) is 4.79 Å². The minimum atomic E-state index is -2.58. The predicted molar refractivity (Wildman–Crippen MR) is 72.3 cm³/mol. The van der Waals surface area contributed by atoms with Gasteiger partial charge in [-0.1, -0.05) is 0 Å². The molecule has 0 radical (unpaired) electrons. The third-order valence-electron chi connectivity index (χ3n) is 2.61. The van der Waals surface area contributed by atoms with Crippen molar-refractivity contribution in [2.75, 3.05) is 12.0 Å². The first kappa shape index (κ1) is 16.5. The third kappa shape index (κ3) is 4.84. The highest BCUT2D eigenvalue weighted by Gasteiger charge is 2.22. The van der Waals surface area contributed by atoms with Gasteiger partial charge in [0.15, 0.2) is 0 Å². The number of amides is 1. The summed E-state index contributed by atoms with van der Waals surface area (Å²) in [6.07, 6.45) is 0.881. The number of carboxylic acid groups (broad SMARTS) is 1. The fourth-order valence-corrected chi connectivity index (χ4v) is 2.12. The van der Waals surface area contributed by atoms with Gasteiger partial charge in [0.25, 0.3) is 12.3 Å². The van der Waals surface area contributed by atoms with Crippen LogP contribution in [0.2, 0.25) is 0 Å². The van der Waals surface area contributed by atoms with Gasteiger partial charge in [0.1, 0.15) is 11.7 Å². The molecule has 0 saturated heterocycles. The summed E-state index contributed by atoms with van der Waals surface area (Å²) in [4.78, 5) is 23.0. The topological polar surface area (TPSA) is 71.3 Å². The number of halogens is 2. The Morgan fingerprint density at radius 2 is 2.20 bits per heavy atom. The lowest BCUT2D eigenvalue weighted by Crippen LogP contribution is -2.42. The zero-order valence-electron chi connectivity index (χ0n) is 10.9. The number of nitrogens with zero attached hydrogens (tertiary/aromatic N) is 1. The Bertz CT molecular complexity index is 465. The van der Waals surface area contributed by atoms with Crippen LogP contribution in [0.5, 0.6) is 0 Å². The molecule has 1 atom stereocenters. The smallest absolute Gasteiger partial charge is 0.326 e. The standard InChI is InChI=1S/C12H16F2N2O3S/c1-20-6-4-8(12(18)19)15-11(17)9-3-2-5-16(9)7-10(13)14/h2-3,5,8,10H,4,6-7H2,1H3,(H,15,17)(H,18,19)/t8-/m1/s1. The van der Waals surface area contributed by atoms with E-state index in [0.29, 0.717) is 5.75 Å². The van der Waals surface area contributed by atoms with Gasteiger partial charge in [-0.05, 0) is 30.6 Å². The van der Waals surface area contributed by atoms with Crippen LogP contribution in [-0.4, -0.2) is 46.0 Å². The Balaban J connectivity index is 2.73. The van der Waals surface area contributed by atoms with Crippen LogP contribution in [-0.2, 0) is 11.3 Å². The van der Waals surface area contributed by atoms with Gasteiger partial charge in [-0.25, -0.2) is 13.6 Å². The molecule has 8 heteroatoms. The van der Waals surface area contributed by atoms with Gasteiger partial charge in [0.05, 0.1) is 6.54 Å². The van der Waals surface area contributed by atoms with E-state index in [2.05, 4.69) is 5.32 Å². The van der Waals surface area contributed by atoms with E-state index in [-0.39, 0.29) is 12.1 Å². The molecule has 1 heterocycles. The molecule has 2 N–H and O–H groups in total. The van der Waals surface area contributed by atoms with Crippen LogP contribution in [0, 0.1) is 0 Å². The summed E-state index contributed by atoms with van der Waals surface area (Å²) in [7, 11) is 0. The molecule has 0 bridgehead atoms.